The van der Waals surface area contributed by atoms with Gasteiger partial charge in [0.15, 0.2) is 0 Å². The van der Waals surface area contributed by atoms with Crippen LogP contribution in [-0.4, -0.2) is 11.9 Å². The molecule has 3 unspecified atom stereocenters. The zero-order valence-corrected chi connectivity index (χ0v) is 12.6. The van der Waals surface area contributed by atoms with Gasteiger partial charge in [0, 0.05) is 5.70 Å². The first-order chi connectivity index (χ1) is 9.57. The highest BCUT2D eigenvalue weighted by Gasteiger charge is 2.47. The smallest absolute Gasteiger partial charge is 0.235 e. The molecule has 2 aliphatic rings. The van der Waals surface area contributed by atoms with Crippen molar-refractivity contribution in [1.29, 1.82) is 5.26 Å². The van der Waals surface area contributed by atoms with E-state index in [-0.39, 0.29) is 5.91 Å². The lowest BCUT2D eigenvalue weighted by Crippen LogP contribution is -2.39. The van der Waals surface area contributed by atoms with Gasteiger partial charge in [-0.1, -0.05) is 44.9 Å². The monoisotopic (exact) mass is 289 g/mol. The third kappa shape index (κ3) is 2.41. The number of rotatable bonds is 4. The number of hydrogen-bond acceptors (Lipinski definition) is 4. The Kier molecular flexibility index (Phi) is 4.36. The Morgan fingerprint density at radius 1 is 1.55 bits per heavy atom. The van der Waals surface area contributed by atoms with E-state index in [1.807, 2.05) is 19.1 Å². The third-order valence-electron chi connectivity index (χ3n) is 4.09. The molecule has 0 aromatic heterocycles. The minimum absolute atomic E-state index is 0.0299. The number of nitrogens with zero attached hydrogens (tertiary/aromatic N) is 1. The average Bonchev–Trinajstić information content (AvgIpc) is 2.58. The lowest BCUT2D eigenvalue weighted by molar-refractivity contribution is -0.127. The van der Waals surface area contributed by atoms with E-state index in [2.05, 4.69) is 48.0 Å². The summed E-state index contributed by atoms with van der Waals surface area (Å²) >= 11 is 3.98. The first kappa shape index (κ1) is 14.9. The van der Waals surface area contributed by atoms with Crippen molar-refractivity contribution >= 4 is 18.7 Å². The van der Waals surface area contributed by atoms with Gasteiger partial charge in [-0.25, -0.2) is 4.72 Å². The Balaban J connectivity index is 2.43. The van der Waals surface area contributed by atoms with E-state index >= 15 is 0 Å². The summed E-state index contributed by atoms with van der Waals surface area (Å²) in [6.45, 7) is 4.08. The molecule has 0 saturated heterocycles. The van der Waals surface area contributed by atoms with Crippen molar-refractivity contribution in [3.8, 4) is 6.07 Å². The van der Waals surface area contributed by atoms with Crippen molar-refractivity contribution in [2.45, 2.75) is 32.7 Å². The van der Waals surface area contributed by atoms with Crippen LogP contribution in [-0.2, 0) is 4.79 Å². The van der Waals surface area contributed by atoms with Gasteiger partial charge in [0.05, 0.1) is 11.5 Å². The first-order valence-corrected chi connectivity index (χ1v) is 7.24. The summed E-state index contributed by atoms with van der Waals surface area (Å²) in [5, 5.41) is 12.1. The molecule has 1 heterocycles. The van der Waals surface area contributed by atoms with E-state index in [1.54, 1.807) is 0 Å². The average molecular weight is 289 g/mol. The number of allylic oxidation sites excluding steroid dienone is 4. The van der Waals surface area contributed by atoms with Crippen molar-refractivity contribution in [3.63, 3.8) is 0 Å². The van der Waals surface area contributed by atoms with Crippen LogP contribution in [0.15, 0.2) is 35.6 Å². The highest BCUT2D eigenvalue weighted by atomic mass is 32.1. The van der Waals surface area contributed by atoms with Crippen molar-refractivity contribution in [2.75, 3.05) is 0 Å². The molecule has 20 heavy (non-hydrogen) atoms. The molecule has 0 bridgehead atoms. The third-order valence-corrected chi connectivity index (χ3v) is 4.40. The van der Waals surface area contributed by atoms with Crippen molar-refractivity contribution in [2.24, 2.45) is 11.3 Å². The predicted molar refractivity (Wildman–Crippen MR) is 81.5 cm³/mol. The van der Waals surface area contributed by atoms with Gasteiger partial charge >= 0.3 is 0 Å². The van der Waals surface area contributed by atoms with Crippen LogP contribution in [0.3, 0.4) is 0 Å². The normalized spacial score (nSPS) is 29.7. The van der Waals surface area contributed by atoms with E-state index in [9.17, 15) is 4.79 Å². The highest BCUT2D eigenvalue weighted by molar-refractivity contribution is 7.78. The Morgan fingerprint density at radius 3 is 2.85 bits per heavy atom. The SMILES string of the molecule is CCC1(CC(C#N)NS)C(=O)NC2=C1C=CC(C)C=C2. The maximum atomic E-state index is 12.5. The summed E-state index contributed by atoms with van der Waals surface area (Å²) in [5.41, 5.74) is 1.18. The number of carbonyl (C=O) groups excluding carboxylic acids is 1. The molecule has 1 amide bonds. The molecule has 1 aliphatic carbocycles. The topological polar surface area (TPSA) is 64.9 Å². The molecule has 0 aromatic carbocycles. The van der Waals surface area contributed by atoms with Crippen LogP contribution in [0.25, 0.3) is 0 Å². The largest absolute Gasteiger partial charge is 0.325 e. The molecular formula is C15H19N3OS. The van der Waals surface area contributed by atoms with Gasteiger partial charge in [-0.05, 0) is 30.4 Å². The second-order valence-corrected chi connectivity index (χ2v) is 5.57. The second kappa shape index (κ2) is 5.86. The van der Waals surface area contributed by atoms with Gasteiger partial charge in [-0.2, -0.15) is 5.26 Å². The molecule has 2 rings (SSSR count). The highest BCUT2D eigenvalue weighted by Crippen LogP contribution is 2.44. The quantitative estimate of drug-likeness (QED) is 0.695. The van der Waals surface area contributed by atoms with Crippen molar-refractivity contribution in [3.05, 3.63) is 35.6 Å². The fraction of sp³-hybridized carbons (Fsp3) is 0.467. The maximum Gasteiger partial charge on any atom is 0.235 e. The molecule has 0 spiro atoms. The molecule has 0 fully saturated rings. The van der Waals surface area contributed by atoms with Crippen LogP contribution < -0.4 is 10.0 Å². The molecular weight excluding hydrogens is 270 g/mol. The molecule has 5 heteroatoms. The zero-order chi connectivity index (χ0) is 14.8. The predicted octanol–water partition coefficient (Wildman–Crippen LogP) is 2.25. The van der Waals surface area contributed by atoms with Crippen LogP contribution in [0, 0.1) is 22.7 Å². The Labute approximate surface area is 125 Å². The maximum absolute atomic E-state index is 12.5. The summed E-state index contributed by atoms with van der Waals surface area (Å²) in [5.74, 6) is 0.305. The van der Waals surface area contributed by atoms with Crippen LogP contribution in [0.2, 0.25) is 0 Å². The molecule has 4 nitrogen and oxygen atoms in total. The molecule has 1 aliphatic heterocycles. The number of amides is 1. The van der Waals surface area contributed by atoms with Crippen LogP contribution in [0.1, 0.15) is 26.7 Å². The van der Waals surface area contributed by atoms with E-state index < -0.39 is 11.5 Å². The van der Waals surface area contributed by atoms with Gasteiger partial charge in [0.1, 0.15) is 6.04 Å². The summed E-state index contributed by atoms with van der Waals surface area (Å²) in [7, 11) is 0. The molecule has 0 aromatic rings. The summed E-state index contributed by atoms with van der Waals surface area (Å²) in [6, 6.07) is 1.68. The van der Waals surface area contributed by atoms with E-state index in [0.29, 0.717) is 18.8 Å². The van der Waals surface area contributed by atoms with Gasteiger partial charge in [-0.3, -0.25) is 4.79 Å². The van der Waals surface area contributed by atoms with Gasteiger partial charge < -0.3 is 5.32 Å². The van der Waals surface area contributed by atoms with Gasteiger partial charge in [0.25, 0.3) is 0 Å². The molecule has 106 valence electrons. The van der Waals surface area contributed by atoms with E-state index in [4.69, 9.17) is 5.26 Å². The van der Waals surface area contributed by atoms with Crippen LogP contribution >= 0.6 is 12.8 Å². The summed E-state index contributed by atoms with van der Waals surface area (Å²) in [6.07, 6.45) is 9.19. The summed E-state index contributed by atoms with van der Waals surface area (Å²) in [4.78, 5) is 12.5. The Hall–Kier alpha value is -1.51. The number of nitrogens with one attached hydrogen (secondary N) is 2. The number of thiol groups is 1. The molecule has 3 atom stereocenters. The standard InChI is InChI=1S/C15H19N3OS/c1-3-15(8-11(9-16)18-20)12-6-4-10(2)5-7-13(12)17-14(15)19/h4-7,10-11,18,20H,3,8H2,1-2H3,(H,17,19). The Bertz CT molecular complexity index is 544. The lowest BCUT2D eigenvalue weighted by atomic mass is 9.73. The Morgan fingerprint density at radius 2 is 2.25 bits per heavy atom. The molecule has 0 saturated carbocycles. The van der Waals surface area contributed by atoms with E-state index in [0.717, 1.165) is 11.3 Å². The van der Waals surface area contributed by atoms with Crippen LogP contribution in [0.5, 0.6) is 0 Å². The van der Waals surface area contributed by atoms with Crippen molar-refractivity contribution in [1.82, 2.24) is 10.0 Å². The lowest BCUT2D eigenvalue weighted by Gasteiger charge is -2.29. The number of carbonyl (C=O) groups is 1. The van der Waals surface area contributed by atoms with Gasteiger partial charge in [0.2, 0.25) is 5.91 Å². The van der Waals surface area contributed by atoms with E-state index in [1.165, 1.54) is 0 Å². The minimum atomic E-state index is -0.656. The minimum Gasteiger partial charge on any atom is -0.325 e. The second-order valence-electron chi connectivity index (χ2n) is 5.31. The summed E-state index contributed by atoms with van der Waals surface area (Å²) < 4.78 is 2.67. The zero-order valence-electron chi connectivity index (χ0n) is 11.7. The number of hydrogen-bond donors (Lipinski definition) is 3. The van der Waals surface area contributed by atoms with Crippen molar-refractivity contribution < 1.29 is 4.79 Å². The number of nitriles is 1. The fourth-order valence-electron chi connectivity index (χ4n) is 2.80. The first-order valence-electron chi connectivity index (χ1n) is 6.79. The molecule has 2 N–H and O–H groups in total. The molecule has 0 radical (unpaired) electrons. The van der Waals surface area contributed by atoms with Gasteiger partial charge in [-0.15, -0.1) is 0 Å². The fourth-order valence-corrected chi connectivity index (χ4v) is 2.95. The van der Waals surface area contributed by atoms with Crippen LogP contribution in [0.4, 0.5) is 0 Å².